The molecule has 0 aliphatic rings. The molecule has 0 rings (SSSR count). The monoisotopic (exact) mass is 236 g/mol. The topological polar surface area (TPSA) is 121 Å². The molecule has 0 saturated heterocycles. The van der Waals surface area contributed by atoms with Crippen molar-refractivity contribution in [2.75, 3.05) is 0 Å². The van der Waals surface area contributed by atoms with Gasteiger partial charge in [0.1, 0.15) is 12.2 Å². The van der Waals surface area contributed by atoms with Gasteiger partial charge in [0.05, 0.1) is 11.9 Å². The summed E-state index contributed by atoms with van der Waals surface area (Å²) in [5, 5.41) is 35.7. The van der Waals surface area contributed by atoms with Crippen LogP contribution in [-0.2, 0) is 31.3 Å². The molecule has 0 aromatic carbocycles. The molecule has 0 fully saturated rings. The molecular formula is C4H4CaO6Ti+2. The first-order chi connectivity index (χ1) is 4.46. The summed E-state index contributed by atoms with van der Waals surface area (Å²) in [5.74, 6) is -4.12. The second kappa shape index (κ2) is 8.43. The summed E-state index contributed by atoms with van der Waals surface area (Å²) in [4.78, 5) is 19.3. The molecule has 0 amide bonds. The van der Waals surface area contributed by atoms with E-state index in [4.69, 9.17) is 10.2 Å². The van der Waals surface area contributed by atoms with Crippen LogP contribution in [-0.4, -0.2) is 72.1 Å². The van der Waals surface area contributed by atoms with Crippen LogP contribution in [0.3, 0.4) is 0 Å². The van der Waals surface area contributed by atoms with Gasteiger partial charge in [0.25, 0.3) is 0 Å². The molecule has 0 aliphatic heterocycles. The molecule has 8 heteroatoms. The van der Waals surface area contributed by atoms with Gasteiger partial charge in [0.15, 0.2) is 0 Å². The summed E-state index contributed by atoms with van der Waals surface area (Å²) >= 11 is 0. The Morgan fingerprint density at radius 2 is 1.17 bits per heavy atom. The van der Waals surface area contributed by atoms with E-state index in [1.807, 2.05) is 0 Å². The average molecular weight is 236 g/mol. The van der Waals surface area contributed by atoms with Crippen LogP contribution in [0, 0.1) is 0 Å². The largest absolute Gasteiger partial charge is 2.00 e. The van der Waals surface area contributed by atoms with E-state index in [2.05, 4.69) is 0 Å². The molecule has 0 aromatic heterocycles. The minimum atomic E-state index is -2.44. The molecule has 0 radical (unpaired) electrons. The summed E-state index contributed by atoms with van der Waals surface area (Å²) in [6, 6.07) is 0. The number of carboxylic acid groups (broad SMARTS) is 2. The van der Waals surface area contributed by atoms with Gasteiger partial charge in [-0.15, -0.1) is 0 Å². The van der Waals surface area contributed by atoms with E-state index in [9.17, 15) is 19.8 Å². The number of hydrogen-bond acceptors (Lipinski definition) is 6. The minimum Gasteiger partial charge on any atom is -0.547 e. The van der Waals surface area contributed by atoms with Gasteiger partial charge >= 0.3 is 59.5 Å². The molecule has 0 aromatic rings. The fourth-order valence-electron chi connectivity index (χ4n) is 0.258. The smallest absolute Gasteiger partial charge is 0.547 e. The number of hydrogen-bond donors (Lipinski definition) is 2. The van der Waals surface area contributed by atoms with Gasteiger partial charge in [-0.3, -0.25) is 0 Å². The van der Waals surface area contributed by atoms with Crippen molar-refractivity contribution in [3.8, 4) is 0 Å². The molecule has 60 valence electrons. The quantitative estimate of drug-likeness (QED) is 0.472. The van der Waals surface area contributed by atoms with Gasteiger partial charge in [-0.1, -0.05) is 0 Å². The molecule has 0 saturated carbocycles. The van der Waals surface area contributed by atoms with Crippen LogP contribution in [0.4, 0.5) is 0 Å². The molecule has 0 bridgehead atoms. The Kier molecular flexibility index (Phi) is 13.1. The van der Waals surface area contributed by atoms with E-state index >= 15 is 0 Å². The first kappa shape index (κ1) is 18.6. The zero-order chi connectivity index (χ0) is 8.31. The molecule has 2 unspecified atom stereocenters. The molecule has 6 nitrogen and oxygen atoms in total. The first-order valence-corrected chi connectivity index (χ1v) is 2.24. The maximum atomic E-state index is 9.63. The Hall–Kier alpha value is 0.834. The third kappa shape index (κ3) is 6.36. The molecule has 12 heavy (non-hydrogen) atoms. The Bertz CT molecular complexity index is 144. The number of aliphatic hydroxyl groups is 2. The van der Waals surface area contributed by atoms with E-state index in [1.54, 1.807) is 0 Å². The number of carbonyl (C=O) groups is 2. The summed E-state index contributed by atoms with van der Waals surface area (Å²) in [6.07, 6.45) is -4.88. The van der Waals surface area contributed by atoms with Crippen molar-refractivity contribution >= 4 is 49.7 Å². The Balaban J connectivity index is -0.000000405. The van der Waals surface area contributed by atoms with Gasteiger partial charge in [-0.05, 0) is 0 Å². The van der Waals surface area contributed by atoms with Crippen molar-refractivity contribution in [2.45, 2.75) is 12.2 Å². The van der Waals surface area contributed by atoms with Crippen LogP contribution < -0.4 is 10.2 Å². The predicted molar refractivity (Wildman–Crippen MR) is 27.8 cm³/mol. The molecule has 0 heterocycles. The van der Waals surface area contributed by atoms with E-state index in [-0.39, 0.29) is 59.5 Å². The maximum absolute atomic E-state index is 9.63. The molecular weight excluding hydrogens is 232 g/mol. The van der Waals surface area contributed by atoms with Gasteiger partial charge in [-0.25, -0.2) is 0 Å². The van der Waals surface area contributed by atoms with Crippen molar-refractivity contribution < 1.29 is 51.7 Å². The fraction of sp³-hybridized carbons (Fsp3) is 0.500. The average Bonchev–Trinajstić information content (AvgIpc) is 1.84. The van der Waals surface area contributed by atoms with E-state index in [0.29, 0.717) is 0 Å². The number of aliphatic hydroxyl groups excluding tert-OH is 2. The predicted octanol–water partition coefficient (Wildman–Crippen LogP) is -5.18. The Morgan fingerprint density at radius 1 is 1.00 bits per heavy atom. The van der Waals surface area contributed by atoms with Crippen LogP contribution in [0.1, 0.15) is 0 Å². The fourth-order valence-corrected chi connectivity index (χ4v) is 0.258. The van der Waals surface area contributed by atoms with Crippen LogP contribution >= 0.6 is 0 Å². The van der Waals surface area contributed by atoms with Crippen LogP contribution in [0.5, 0.6) is 0 Å². The Labute approximate surface area is 112 Å². The van der Waals surface area contributed by atoms with E-state index < -0.39 is 24.1 Å². The summed E-state index contributed by atoms with van der Waals surface area (Å²) < 4.78 is 0. The summed E-state index contributed by atoms with van der Waals surface area (Å²) in [7, 11) is 0. The normalized spacial score (nSPS) is 13.2. The zero-order valence-electron chi connectivity index (χ0n) is 5.89. The number of rotatable bonds is 3. The van der Waals surface area contributed by atoms with Crippen molar-refractivity contribution in [3.63, 3.8) is 0 Å². The van der Waals surface area contributed by atoms with Gasteiger partial charge in [0.2, 0.25) is 0 Å². The first-order valence-electron chi connectivity index (χ1n) is 2.24. The summed E-state index contributed by atoms with van der Waals surface area (Å²) in [5.41, 5.74) is 0. The molecule has 0 spiro atoms. The van der Waals surface area contributed by atoms with Gasteiger partial charge < -0.3 is 30.0 Å². The molecule has 2 N–H and O–H groups in total. The van der Waals surface area contributed by atoms with Crippen LogP contribution in [0.15, 0.2) is 0 Å². The number of aliphatic carboxylic acids is 2. The maximum Gasteiger partial charge on any atom is 2.00 e. The molecule has 2 atom stereocenters. The van der Waals surface area contributed by atoms with Crippen molar-refractivity contribution in [2.24, 2.45) is 0 Å². The van der Waals surface area contributed by atoms with Crippen LogP contribution in [0.25, 0.3) is 0 Å². The van der Waals surface area contributed by atoms with Gasteiger partial charge in [0, 0.05) is 0 Å². The van der Waals surface area contributed by atoms with E-state index in [1.165, 1.54) is 0 Å². The standard InChI is InChI=1S/C4H6O6.Ca.Ti/c5-1(3(7)8)2(6)4(9)10;;/h1-2,5-6H,(H,7,8)(H,9,10);;/q;2*+2/p-2. The third-order valence-corrected chi connectivity index (χ3v) is 0.782. The zero-order valence-corrected chi connectivity index (χ0v) is 9.66. The second-order valence-electron chi connectivity index (χ2n) is 1.53. The number of carboxylic acids is 2. The minimum absolute atomic E-state index is 0. The molecule has 0 aliphatic carbocycles. The SMILES string of the molecule is O=C([O-])C(O)C(O)C(=O)[O-].[Ca+2].[Ti+2]. The van der Waals surface area contributed by atoms with E-state index in [0.717, 1.165) is 0 Å². The van der Waals surface area contributed by atoms with Crippen molar-refractivity contribution in [1.82, 2.24) is 0 Å². The second-order valence-corrected chi connectivity index (χ2v) is 1.53. The summed E-state index contributed by atoms with van der Waals surface area (Å²) in [6.45, 7) is 0. The third-order valence-electron chi connectivity index (χ3n) is 0.782. The van der Waals surface area contributed by atoms with Crippen molar-refractivity contribution in [3.05, 3.63) is 0 Å². The van der Waals surface area contributed by atoms with Gasteiger partial charge in [-0.2, -0.15) is 0 Å². The Morgan fingerprint density at radius 3 is 1.25 bits per heavy atom. The van der Waals surface area contributed by atoms with Crippen molar-refractivity contribution in [1.29, 1.82) is 0 Å². The van der Waals surface area contributed by atoms with Crippen LogP contribution in [0.2, 0.25) is 0 Å². The number of carbonyl (C=O) groups excluding carboxylic acids is 2.